The molecule has 1 heterocycles. The van der Waals surface area contributed by atoms with Gasteiger partial charge in [-0.3, -0.25) is 9.59 Å². The lowest BCUT2D eigenvalue weighted by atomic mass is 10.0. The lowest BCUT2D eigenvalue weighted by Gasteiger charge is -2.25. The largest absolute Gasteiger partial charge is 0.459 e. The first-order valence-electron chi connectivity index (χ1n) is 10.4. The van der Waals surface area contributed by atoms with Crippen molar-refractivity contribution in [1.82, 2.24) is 5.32 Å². The lowest BCUT2D eigenvalue weighted by Crippen LogP contribution is -2.49. The van der Waals surface area contributed by atoms with Gasteiger partial charge in [-0.1, -0.05) is 62.4 Å². The van der Waals surface area contributed by atoms with Gasteiger partial charge in [0.1, 0.15) is 12.6 Å². The molecule has 31 heavy (non-hydrogen) atoms. The molecule has 3 atom stereocenters. The minimum Gasteiger partial charge on any atom is -0.459 e. The maximum atomic E-state index is 13.0. The lowest BCUT2D eigenvalue weighted by molar-refractivity contribution is -0.146. The molecule has 1 saturated heterocycles. The maximum absolute atomic E-state index is 13.0. The van der Waals surface area contributed by atoms with E-state index in [4.69, 9.17) is 9.47 Å². The molecule has 0 aromatic heterocycles. The zero-order chi connectivity index (χ0) is 22.4. The summed E-state index contributed by atoms with van der Waals surface area (Å²) < 4.78 is 10.5. The molecule has 1 aliphatic rings. The summed E-state index contributed by atoms with van der Waals surface area (Å²) in [5.41, 5.74) is 1.59. The molecule has 1 aliphatic heterocycles. The van der Waals surface area contributed by atoms with Gasteiger partial charge >= 0.3 is 5.97 Å². The van der Waals surface area contributed by atoms with E-state index in [1.54, 1.807) is 7.05 Å². The van der Waals surface area contributed by atoms with Gasteiger partial charge in [-0.2, -0.15) is 0 Å². The quantitative estimate of drug-likeness (QED) is 0.494. The number of carbonyl (C=O) groups is 3. The van der Waals surface area contributed by atoms with Gasteiger partial charge in [-0.05, 0) is 30.0 Å². The van der Waals surface area contributed by atoms with Crippen LogP contribution in [-0.4, -0.2) is 43.1 Å². The maximum Gasteiger partial charge on any atom is 0.338 e. The van der Waals surface area contributed by atoms with E-state index in [0.717, 1.165) is 11.3 Å². The third-order valence-electron chi connectivity index (χ3n) is 5.00. The van der Waals surface area contributed by atoms with Gasteiger partial charge in [0.15, 0.2) is 12.2 Å². The molecule has 7 heteroatoms. The van der Waals surface area contributed by atoms with Gasteiger partial charge in [0.2, 0.25) is 5.91 Å². The fourth-order valence-corrected chi connectivity index (χ4v) is 3.26. The Labute approximate surface area is 182 Å². The smallest absolute Gasteiger partial charge is 0.338 e. The number of hydrogen-bond acceptors (Lipinski definition) is 5. The molecule has 0 aliphatic carbocycles. The third kappa shape index (κ3) is 6.15. The predicted octanol–water partition coefficient (Wildman–Crippen LogP) is 2.69. The Bertz CT molecular complexity index is 901. The summed E-state index contributed by atoms with van der Waals surface area (Å²) in [4.78, 5) is 39.3. The summed E-state index contributed by atoms with van der Waals surface area (Å²) in [5, 5.41) is 2.76. The second kappa shape index (κ2) is 10.2. The fraction of sp³-hybridized carbons (Fsp3) is 0.375. The number of anilines is 1. The van der Waals surface area contributed by atoms with Crippen LogP contribution >= 0.6 is 0 Å². The number of rotatable bonds is 9. The summed E-state index contributed by atoms with van der Waals surface area (Å²) in [7, 11) is 1.68. The summed E-state index contributed by atoms with van der Waals surface area (Å²) >= 11 is 0. The first-order valence-corrected chi connectivity index (χ1v) is 10.4. The number of nitrogens with one attached hydrogen (secondary N) is 1. The Morgan fingerprint density at radius 3 is 2.23 bits per heavy atom. The second-order valence-electron chi connectivity index (χ2n) is 7.99. The molecule has 3 rings (SSSR count). The number of amides is 2. The number of benzene rings is 2. The van der Waals surface area contributed by atoms with Crippen molar-refractivity contribution < 1.29 is 23.9 Å². The fourth-order valence-electron chi connectivity index (χ4n) is 3.26. The zero-order valence-corrected chi connectivity index (χ0v) is 18.0. The van der Waals surface area contributed by atoms with Crippen LogP contribution in [0.4, 0.5) is 5.69 Å². The SMILES string of the molecule is CC(C)C[C@H](NC(=O)[C@H]1O[C@@H]1C(=O)OCc1ccccc1)C(=O)N(C)c1ccccc1. The van der Waals surface area contributed by atoms with Crippen LogP contribution in [0.15, 0.2) is 60.7 Å². The Morgan fingerprint density at radius 1 is 1.00 bits per heavy atom. The molecule has 2 aromatic rings. The summed E-state index contributed by atoms with van der Waals surface area (Å²) in [5.74, 6) is -1.11. The Hall–Kier alpha value is -3.19. The van der Waals surface area contributed by atoms with Gasteiger partial charge in [0, 0.05) is 12.7 Å². The summed E-state index contributed by atoms with van der Waals surface area (Å²) in [6, 6.07) is 17.8. The zero-order valence-electron chi connectivity index (χ0n) is 18.0. The molecule has 1 fully saturated rings. The molecule has 0 radical (unpaired) electrons. The molecule has 0 spiro atoms. The molecule has 7 nitrogen and oxygen atoms in total. The van der Waals surface area contributed by atoms with Crippen molar-refractivity contribution in [2.75, 3.05) is 11.9 Å². The normalized spacial score (nSPS) is 18.2. The average molecular weight is 424 g/mol. The second-order valence-corrected chi connectivity index (χ2v) is 7.99. The first-order chi connectivity index (χ1) is 14.9. The van der Waals surface area contributed by atoms with Gasteiger partial charge in [-0.15, -0.1) is 0 Å². The van der Waals surface area contributed by atoms with Crippen molar-refractivity contribution in [2.24, 2.45) is 5.92 Å². The molecule has 0 bridgehead atoms. The summed E-state index contributed by atoms with van der Waals surface area (Å²) in [6.07, 6.45) is -1.41. The van der Waals surface area contributed by atoms with Crippen molar-refractivity contribution >= 4 is 23.5 Å². The molecular weight excluding hydrogens is 396 g/mol. The number of esters is 1. The van der Waals surface area contributed by atoms with E-state index in [0.29, 0.717) is 6.42 Å². The first kappa shape index (κ1) is 22.5. The van der Waals surface area contributed by atoms with Crippen LogP contribution in [0.25, 0.3) is 0 Å². The Kier molecular flexibility index (Phi) is 7.41. The topological polar surface area (TPSA) is 88.2 Å². The van der Waals surface area contributed by atoms with Crippen molar-refractivity contribution in [3.63, 3.8) is 0 Å². The van der Waals surface area contributed by atoms with Crippen molar-refractivity contribution in [2.45, 2.75) is 45.1 Å². The van der Waals surface area contributed by atoms with Crippen molar-refractivity contribution in [3.05, 3.63) is 66.2 Å². The highest BCUT2D eigenvalue weighted by molar-refractivity contribution is 6.00. The summed E-state index contributed by atoms with van der Waals surface area (Å²) in [6.45, 7) is 4.07. The molecular formula is C24H28N2O5. The van der Waals surface area contributed by atoms with Gasteiger partial charge in [-0.25, -0.2) is 4.79 Å². The van der Waals surface area contributed by atoms with E-state index in [-0.39, 0.29) is 18.4 Å². The van der Waals surface area contributed by atoms with Crippen LogP contribution in [0.2, 0.25) is 0 Å². The minimum atomic E-state index is -0.939. The van der Waals surface area contributed by atoms with Crippen LogP contribution in [0, 0.1) is 5.92 Å². The van der Waals surface area contributed by atoms with Crippen LogP contribution in [0.3, 0.4) is 0 Å². The molecule has 1 N–H and O–H groups in total. The van der Waals surface area contributed by atoms with E-state index < -0.39 is 30.1 Å². The van der Waals surface area contributed by atoms with Crippen LogP contribution < -0.4 is 10.2 Å². The van der Waals surface area contributed by atoms with E-state index in [1.165, 1.54) is 4.90 Å². The molecule has 0 unspecified atom stereocenters. The molecule has 2 aromatic carbocycles. The Balaban J connectivity index is 1.56. The number of ether oxygens (including phenoxy) is 2. The molecule has 164 valence electrons. The standard InChI is InChI=1S/C24H28N2O5/c1-16(2)14-19(23(28)26(3)18-12-8-5-9-13-18)25-22(27)20-21(31-20)24(29)30-15-17-10-6-4-7-11-17/h4-13,16,19-21H,14-15H2,1-3H3,(H,25,27)/t19-,20-,21-/m0/s1. The number of nitrogens with zero attached hydrogens (tertiary/aromatic N) is 1. The van der Waals surface area contributed by atoms with Gasteiger partial charge in [0.05, 0.1) is 0 Å². The van der Waals surface area contributed by atoms with Crippen LogP contribution in [0.5, 0.6) is 0 Å². The van der Waals surface area contributed by atoms with E-state index >= 15 is 0 Å². The molecule has 0 saturated carbocycles. The highest BCUT2D eigenvalue weighted by atomic mass is 16.6. The van der Waals surface area contributed by atoms with Crippen molar-refractivity contribution in [1.29, 1.82) is 0 Å². The highest BCUT2D eigenvalue weighted by Crippen LogP contribution is 2.25. The van der Waals surface area contributed by atoms with Gasteiger partial charge < -0.3 is 19.7 Å². The van der Waals surface area contributed by atoms with E-state index in [9.17, 15) is 14.4 Å². The Morgan fingerprint density at radius 2 is 1.61 bits per heavy atom. The van der Waals surface area contributed by atoms with Crippen LogP contribution in [0.1, 0.15) is 25.8 Å². The van der Waals surface area contributed by atoms with E-state index in [1.807, 2.05) is 74.5 Å². The number of hydrogen-bond donors (Lipinski definition) is 1. The number of likely N-dealkylation sites (N-methyl/N-ethyl adjacent to an activating group) is 1. The predicted molar refractivity (Wildman–Crippen MR) is 116 cm³/mol. The number of para-hydroxylation sites is 1. The van der Waals surface area contributed by atoms with E-state index in [2.05, 4.69) is 5.32 Å². The van der Waals surface area contributed by atoms with Crippen LogP contribution in [-0.2, 0) is 30.5 Å². The minimum absolute atomic E-state index is 0.115. The van der Waals surface area contributed by atoms with Gasteiger partial charge in [0.25, 0.3) is 5.91 Å². The molecule has 2 amide bonds. The highest BCUT2D eigenvalue weighted by Gasteiger charge is 2.52. The van der Waals surface area contributed by atoms with Crippen molar-refractivity contribution in [3.8, 4) is 0 Å². The number of carbonyl (C=O) groups excluding carboxylic acids is 3. The average Bonchev–Trinajstić information content (AvgIpc) is 3.58. The monoisotopic (exact) mass is 424 g/mol. The third-order valence-corrected chi connectivity index (χ3v) is 5.00. The number of epoxide rings is 1.